The van der Waals surface area contributed by atoms with Crippen molar-refractivity contribution >= 4 is 5.97 Å². The summed E-state index contributed by atoms with van der Waals surface area (Å²) >= 11 is 0. The summed E-state index contributed by atoms with van der Waals surface area (Å²) in [5, 5.41) is 50.6. The van der Waals surface area contributed by atoms with Gasteiger partial charge in [-0.15, -0.1) is 0 Å². The van der Waals surface area contributed by atoms with Gasteiger partial charge in [-0.25, -0.2) is 0 Å². The van der Waals surface area contributed by atoms with E-state index in [9.17, 15) is 30.3 Å². The van der Waals surface area contributed by atoms with Crippen LogP contribution in [0, 0.1) is 28.1 Å². The molecule has 0 aromatic heterocycles. The summed E-state index contributed by atoms with van der Waals surface area (Å²) in [5.41, 5.74) is -0.496. The Balaban J connectivity index is 1.41. The van der Waals surface area contributed by atoms with E-state index in [0.717, 1.165) is 56.9 Å². The summed E-state index contributed by atoms with van der Waals surface area (Å²) < 4.78 is 12.1. The van der Waals surface area contributed by atoms with Gasteiger partial charge in [0.05, 0.1) is 17.6 Å². The fourth-order valence-electron chi connectivity index (χ4n) is 9.15. The van der Waals surface area contributed by atoms with Crippen molar-refractivity contribution in [1.82, 2.24) is 0 Å². The highest BCUT2D eigenvalue weighted by Gasteiger charge is 2.68. The number of carboxylic acids is 1. The number of ether oxygens (including phenoxy) is 2. The molecule has 2 bridgehead atoms. The lowest BCUT2D eigenvalue weighted by Crippen LogP contribution is -2.62. The maximum Gasteiger partial charge on any atom is 0.309 e. The minimum atomic E-state index is -1.47. The lowest BCUT2D eigenvalue weighted by molar-refractivity contribution is -0.327. The normalized spacial score (nSPS) is 54.9. The molecule has 8 heteroatoms. The lowest BCUT2D eigenvalue weighted by Gasteiger charge is -2.64. The van der Waals surface area contributed by atoms with Crippen LogP contribution in [-0.4, -0.2) is 74.4 Å². The van der Waals surface area contributed by atoms with Crippen LogP contribution in [0.15, 0.2) is 12.2 Å². The Labute approximate surface area is 201 Å². The maximum absolute atomic E-state index is 12.3. The van der Waals surface area contributed by atoms with E-state index in [-0.39, 0.29) is 16.7 Å². The molecule has 5 rings (SSSR count). The first-order valence-electron chi connectivity index (χ1n) is 12.8. The predicted molar refractivity (Wildman–Crippen MR) is 122 cm³/mol. The molecule has 4 aliphatic carbocycles. The molecule has 0 amide bonds. The largest absolute Gasteiger partial charge is 0.481 e. The lowest BCUT2D eigenvalue weighted by atomic mass is 9.41. The fraction of sp³-hybridized carbons (Fsp3) is 0.885. The van der Waals surface area contributed by atoms with Gasteiger partial charge in [0.15, 0.2) is 6.29 Å². The molecule has 1 spiro atoms. The van der Waals surface area contributed by atoms with E-state index in [1.165, 1.54) is 0 Å². The average Bonchev–Trinajstić information content (AvgIpc) is 2.98. The number of carbonyl (C=O) groups is 1. The monoisotopic (exact) mass is 480 g/mol. The third-order valence-electron chi connectivity index (χ3n) is 10.8. The Morgan fingerprint density at radius 1 is 1.06 bits per heavy atom. The summed E-state index contributed by atoms with van der Waals surface area (Å²) in [6.07, 6.45) is 1.13. The van der Waals surface area contributed by atoms with Crippen molar-refractivity contribution in [2.75, 3.05) is 6.61 Å². The topological polar surface area (TPSA) is 137 Å². The molecule has 34 heavy (non-hydrogen) atoms. The number of hydrogen-bond acceptors (Lipinski definition) is 7. The second kappa shape index (κ2) is 7.98. The molecule has 5 fully saturated rings. The number of carboxylic acid groups (broad SMARTS) is 1. The van der Waals surface area contributed by atoms with Gasteiger partial charge >= 0.3 is 5.97 Å². The third kappa shape index (κ3) is 3.22. The first kappa shape index (κ1) is 24.7. The molecule has 0 aromatic carbocycles. The number of aliphatic hydroxyl groups excluding tert-OH is 4. The quantitative estimate of drug-likeness (QED) is 0.304. The smallest absolute Gasteiger partial charge is 0.309 e. The van der Waals surface area contributed by atoms with Crippen molar-refractivity contribution in [3.63, 3.8) is 0 Å². The number of hydrogen-bond donors (Lipinski definition) is 5. The Bertz CT molecular complexity index is 860. The minimum Gasteiger partial charge on any atom is -0.481 e. The van der Waals surface area contributed by atoms with Crippen molar-refractivity contribution in [3.8, 4) is 0 Å². The van der Waals surface area contributed by atoms with Gasteiger partial charge in [-0.2, -0.15) is 0 Å². The van der Waals surface area contributed by atoms with Crippen LogP contribution in [0.25, 0.3) is 0 Å². The highest BCUT2D eigenvalue weighted by Crippen LogP contribution is 2.73. The molecule has 8 nitrogen and oxygen atoms in total. The van der Waals surface area contributed by atoms with Gasteiger partial charge in [0.1, 0.15) is 24.4 Å². The fourth-order valence-corrected chi connectivity index (χ4v) is 9.15. The van der Waals surface area contributed by atoms with Crippen LogP contribution in [0.2, 0.25) is 0 Å². The van der Waals surface area contributed by atoms with Gasteiger partial charge in [0, 0.05) is 0 Å². The Morgan fingerprint density at radius 3 is 2.44 bits per heavy atom. The number of aliphatic hydroxyl groups is 4. The van der Waals surface area contributed by atoms with Gasteiger partial charge in [-0.1, -0.05) is 19.9 Å². The summed E-state index contributed by atoms with van der Waals surface area (Å²) in [6, 6.07) is 0. The Morgan fingerprint density at radius 2 is 1.76 bits per heavy atom. The summed E-state index contributed by atoms with van der Waals surface area (Å²) in [6.45, 7) is 8.15. The zero-order chi connectivity index (χ0) is 24.7. The SMILES string of the molecule is C=C1C[C@@]23CCC4[C@@](C)(CCC[C@@]4(C)C(=O)O)C2CC[C@]1(O[C@@H]1O[C@H](CO)[C@@H](O)[C@H](O)[C@H]1O)C3. The maximum atomic E-state index is 12.3. The van der Waals surface area contributed by atoms with Crippen molar-refractivity contribution in [2.24, 2.45) is 28.1 Å². The minimum absolute atomic E-state index is 0.0224. The van der Waals surface area contributed by atoms with Crippen LogP contribution in [0.4, 0.5) is 0 Å². The molecule has 1 saturated heterocycles. The van der Waals surface area contributed by atoms with E-state index >= 15 is 0 Å². The first-order valence-corrected chi connectivity index (χ1v) is 12.8. The van der Waals surface area contributed by atoms with Crippen molar-refractivity contribution < 1.29 is 39.8 Å². The molecular formula is C26H40O8. The van der Waals surface area contributed by atoms with Gasteiger partial charge in [0.25, 0.3) is 0 Å². The third-order valence-corrected chi connectivity index (χ3v) is 10.8. The van der Waals surface area contributed by atoms with E-state index in [1.54, 1.807) is 0 Å². The number of aliphatic carboxylic acids is 1. The van der Waals surface area contributed by atoms with Crippen LogP contribution < -0.4 is 0 Å². The average molecular weight is 481 g/mol. The molecule has 0 aromatic rings. The van der Waals surface area contributed by atoms with Gasteiger partial charge in [-0.3, -0.25) is 4.79 Å². The highest BCUT2D eigenvalue weighted by atomic mass is 16.7. The number of rotatable bonds is 4. The molecule has 1 heterocycles. The van der Waals surface area contributed by atoms with Gasteiger partial charge in [-0.05, 0) is 86.5 Å². The molecule has 2 unspecified atom stereocenters. The standard InChI is InChI=1S/C26H40O8/c1-14-11-25-9-5-16-23(2,7-4-8-24(16,3)22(31)32)17(25)6-10-26(14,13-25)34-21-20(30)19(29)18(28)15(12-27)33-21/h15-21,27-30H,1,4-13H2,2-3H3,(H,31,32)/t15-,16?,17?,18-,19+,20-,21+,23-,24-,25-,26+/m1/s1. The summed E-state index contributed by atoms with van der Waals surface area (Å²) in [5.74, 6) is -0.149. The summed E-state index contributed by atoms with van der Waals surface area (Å²) in [4.78, 5) is 12.3. The van der Waals surface area contributed by atoms with Crippen LogP contribution in [-0.2, 0) is 14.3 Å². The first-order chi connectivity index (χ1) is 15.9. The van der Waals surface area contributed by atoms with Crippen LogP contribution in [0.5, 0.6) is 0 Å². The van der Waals surface area contributed by atoms with Gasteiger partial charge in [0.2, 0.25) is 0 Å². The van der Waals surface area contributed by atoms with Crippen LogP contribution in [0.3, 0.4) is 0 Å². The van der Waals surface area contributed by atoms with E-state index in [2.05, 4.69) is 13.5 Å². The molecule has 5 aliphatic rings. The predicted octanol–water partition coefficient (Wildman–Crippen LogP) is 1.98. The van der Waals surface area contributed by atoms with E-state index < -0.39 is 54.3 Å². The molecule has 0 radical (unpaired) electrons. The van der Waals surface area contributed by atoms with Crippen molar-refractivity contribution in [1.29, 1.82) is 0 Å². The van der Waals surface area contributed by atoms with Crippen molar-refractivity contribution in [2.45, 2.75) is 108 Å². The van der Waals surface area contributed by atoms with Crippen LogP contribution >= 0.6 is 0 Å². The van der Waals surface area contributed by atoms with E-state index in [4.69, 9.17) is 9.47 Å². The van der Waals surface area contributed by atoms with E-state index in [1.807, 2.05) is 6.92 Å². The highest BCUT2D eigenvalue weighted by molar-refractivity contribution is 5.75. The van der Waals surface area contributed by atoms with Gasteiger partial charge < -0.3 is 35.0 Å². The Hall–Kier alpha value is -1.03. The molecule has 4 saturated carbocycles. The van der Waals surface area contributed by atoms with Crippen molar-refractivity contribution in [3.05, 3.63) is 12.2 Å². The second-order valence-corrected chi connectivity index (χ2v) is 12.4. The van der Waals surface area contributed by atoms with Crippen LogP contribution in [0.1, 0.15) is 71.6 Å². The molecule has 1 aliphatic heterocycles. The molecule has 5 N–H and O–H groups in total. The summed E-state index contributed by atoms with van der Waals surface area (Å²) in [7, 11) is 0. The molecule has 11 atom stereocenters. The molecule has 192 valence electrons. The molecular weight excluding hydrogens is 440 g/mol. The zero-order valence-corrected chi connectivity index (χ0v) is 20.3. The van der Waals surface area contributed by atoms with E-state index in [0.29, 0.717) is 12.3 Å². The zero-order valence-electron chi connectivity index (χ0n) is 20.3. The Kier molecular flexibility index (Phi) is 5.79. The number of fused-ring (bicyclic) bond motifs is 3. The second-order valence-electron chi connectivity index (χ2n) is 12.4.